The Kier molecular flexibility index (Phi) is 7.62. The quantitative estimate of drug-likeness (QED) is 0.266. The molecule has 1 aromatic heterocycles. The average Bonchev–Trinajstić information content (AvgIpc) is 3.20. The van der Waals surface area contributed by atoms with E-state index >= 15 is 0 Å². The fourth-order valence-electron chi connectivity index (χ4n) is 3.83. The van der Waals surface area contributed by atoms with Crippen LogP contribution in [0.15, 0.2) is 77.6 Å². The Balaban J connectivity index is 1.29. The smallest absolute Gasteiger partial charge is 0.340 e. The van der Waals surface area contributed by atoms with Gasteiger partial charge < -0.3 is 19.8 Å². The van der Waals surface area contributed by atoms with Crippen molar-refractivity contribution in [1.29, 1.82) is 0 Å². The van der Waals surface area contributed by atoms with Crippen molar-refractivity contribution in [3.8, 4) is 5.75 Å². The Labute approximate surface area is 202 Å². The zero-order valence-corrected chi connectivity index (χ0v) is 19.5. The van der Waals surface area contributed by atoms with Crippen LogP contribution in [0.25, 0.3) is 11.0 Å². The lowest BCUT2D eigenvalue weighted by molar-refractivity contribution is -0.116. The van der Waals surface area contributed by atoms with Crippen LogP contribution in [0.2, 0.25) is 0 Å². The van der Waals surface area contributed by atoms with Crippen molar-refractivity contribution in [2.75, 3.05) is 19.0 Å². The number of fused-ring (bicyclic) bond motifs is 1. The number of aromatic nitrogens is 2. The Morgan fingerprint density at radius 1 is 0.971 bits per heavy atom. The second-order valence-corrected chi connectivity index (χ2v) is 8.03. The Morgan fingerprint density at radius 3 is 2.51 bits per heavy atom. The number of amides is 1. The molecule has 180 valence electrons. The lowest BCUT2D eigenvalue weighted by atomic mass is 10.1. The monoisotopic (exact) mass is 473 g/mol. The summed E-state index contributed by atoms with van der Waals surface area (Å²) in [5.74, 6) is 0.0428. The fourth-order valence-corrected chi connectivity index (χ4v) is 3.83. The number of aromatic amines is 1. The number of benzene rings is 3. The maximum atomic E-state index is 12.7. The van der Waals surface area contributed by atoms with Gasteiger partial charge in [0.1, 0.15) is 5.75 Å². The van der Waals surface area contributed by atoms with Gasteiger partial charge in [-0.05, 0) is 54.8 Å². The summed E-state index contributed by atoms with van der Waals surface area (Å²) in [6.07, 6.45) is 1.31. The minimum absolute atomic E-state index is 0.143. The third-order valence-electron chi connectivity index (χ3n) is 5.66. The fraction of sp³-hybridized carbons (Fsp3) is 0.222. The zero-order valence-electron chi connectivity index (χ0n) is 19.5. The number of aryl methyl sites for hydroxylation is 2. The van der Waals surface area contributed by atoms with Gasteiger partial charge in [0, 0.05) is 13.0 Å². The molecule has 0 aliphatic carbocycles. The second-order valence-electron chi connectivity index (χ2n) is 8.03. The standard InChI is InChI=1S/C27H27N3O5/c1-34-20-14-11-19(12-15-20)13-16-25(31)28-22-8-3-2-7-21(22)26(32)35-18-6-17-30-24-10-5-4-9-23(24)29-27(30)33/h2-5,7-12,14-15H,6,13,16-18H2,1H3,(H,28,31)(H,29,33). The highest BCUT2D eigenvalue weighted by Gasteiger charge is 2.15. The van der Waals surface area contributed by atoms with Crippen LogP contribution in [0.4, 0.5) is 5.69 Å². The first-order valence-electron chi connectivity index (χ1n) is 11.4. The van der Waals surface area contributed by atoms with Gasteiger partial charge in [0.2, 0.25) is 5.91 Å². The van der Waals surface area contributed by atoms with E-state index in [9.17, 15) is 14.4 Å². The molecule has 0 aliphatic rings. The third kappa shape index (κ3) is 5.97. The summed E-state index contributed by atoms with van der Waals surface area (Å²) in [7, 11) is 1.61. The van der Waals surface area contributed by atoms with E-state index in [1.165, 1.54) is 0 Å². The maximum absolute atomic E-state index is 12.7. The number of hydrogen-bond acceptors (Lipinski definition) is 5. The SMILES string of the molecule is COc1ccc(CCC(=O)Nc2ccccc2C(=O)OCCCn2c(=O)[nH]c3ccccc32)cc1. The number of anilines is 1. The number of nitrogens with one attached hydrogen (secondary N) is 2. The zero-order chi connectivity index (χ0) is 24.6. The summed E-state index contributed by atoms with van der Waals surface area (Å²) in [4.78, 5) is 40.1. The van der Waals surface area contributed by atoms with Crippen LogP contribution < -0.4 is 15.7 Å². The molecule has 1 heterocycles. The van der Waals surface area contributed by atoms with E-state index in [2.05, 4.69) is 10.3 Å². The molecule has 8 nitrogen and oxygen atoms in total. The molecular formula is C27H27N3O5. The molecule has 4 rings (SSSR count). The second kappa shape index (κ2) is 11.2. The van der Waals surface area contributed by atoms with Gasteiger partial charge in [0.15, 0.2) is 0 Å². The van der Waals surface area contributed by atoms with E-state index in [1.54, 1.807) is 35.9 Å². The summed E-state index contributed by atoms with van der Waals surface area (Å²) in [6, 6.07) is 21.7. The lowest BCUT2D eigenvalue weighted by Crippen LogP contribution is -2.19. The van der Waals surface area contributed by atoms with E-state index in [0.29, 0.717) is 25.1 Å². The number of carbonyl (C=O) groups excluding carboxylic acids is 2. The Bertz CT molecular complexity index is 1370. The molecule has 0 bridgehead atoms. The molecule has 0 atom stereocenters. The third-order valence-corrected chi connectivity index (χ3v) is 5.66. The summed E-state index contributed by atoms with van der Waals surface area (Å²) in [5.41, 5.74) is 3.10. The number of imidazole rings is 1. The molecular weight excluding hydrogens is 446 g/mol. The summed E-state index contributed by atoms with van der Waals surface area (Å²) < 4.78 is 12.2. The van der Waals surface area contributed by atoms with Crippen molar-refractivity contribution < 1.29 is 19.1 Å². The van der Waals surface area contributed by atoms with Crippen LogP contribution >= 0.6 is 0 Å². The van der Waals surface area contributed by atoms with Crippen LogP contribution in [0.5, 0.6) is 5.75 Å². The molecule has 35 heavy (non-hydrogen) atoms. The van der Waals surface area contributed by atoms with E-state index in [1.807, 2.05) is 48.5 Å². The van der Waals surface area contributed by atoms with Gasteiger partial charge in [-0.15, -0.1) is 0 Å². The number of hydrogen-bond donors (Lipinski definition) is 2. The number of rotatable bonds is 10. The first-order valence-corrected chi connectivity index (χ1v) is 11.4. The molecule has 0 unspecified atom stereocenters. The minimum atomic E-state index is -0.526. The summed E-state index contributed by atoms with van der Waals surface area (Å²) in [5, 5.41) is 2.81. The Hall–Kier alpha value is -4.33. The van der Waals surface area contributed by atoms with Gasteiger partial charge in [-0.3, -0.25) is 9.36 Å². The van der Waals surface area contributed by atoms with Crippen LogP contribution in [0.1, 0.15) is 28.8 Å². The molecule has 0 fully saturated rings. The van der Waals surface area contributed by atoms with E-state index < -0.39 is 5.97 Å². The Morgan fingerprint density at radius 2 is 1.71 bits per heavy atom. The van der Waals surface area contributed by atoms with Crippen molar-refractivity contribution >= 4 is 28.6 Å². The normalized spacial score (nSPS) is 10.8. The summed E-state index contributed by atoms with van der Waals surface area (Å²) >= 11 is 0. The number of carbonyl (C=O) groups is 2. The number of ether oxygens (including phenoxy) is 2. The number of para-hydroxylation sites is 3. The molecule has 0 spiro atoms. The molecule has 2 N–H and O–H groups in total. The molecule has 8 heteroatoms. The van der Waals surface area contributed by atoms with Crippen molar-refractivity contribution in [1.82, 2.24) is 9.55 Å². The average molecular weight is 474 g/mol. The largest absolute Gasteiger partial charge is 0.497 e. The van der Waals surface area contributed by atoms with Crippen molar-refractivity contribution in [2.24, 2.45) is 0 Å². The van der Waals surface area contributed by atoms with Gasteiger partial charge in [-0.25, -0.2) is 9.59 Å². The van der Waals surface area contributed by atoms with Crippen molar-refractivity contribution in [3.05, 3.63) is 94.4 Å². The molecule has 0 aliphatic heterocycles. The van der Waals surface area contributed by atoms with Crippen LogP contribution in [0.3, 0.4) is 0 Å². The van der Waals surface area contributed by atoms with Gasteiger partial charge in [-0.1, -0.05) is 36.4 Å². The molecule has 1 amide bonds. The predicted octanol–water partition coefficient (Wildman–Crippen LogP) is 4.16. The molecule has 0 saturated carbocycles. The van der Waals surface area contributed by atoms with Crippen LogP contribution in [-0.2, 0) is 22.5 Å². The number of methoxy groups -OCH3 is 1. The van der Waals surface area contributed by atoms with Crippen molar-refractivity contribution in [3.63, 3.8) is 0 Å². The van der Waals surface area contributed by atoms with E-state index in [4.69, 9.17) is 9.47 Å². The highest BCUT2D eigenvalue weighted by molar-refractivity contribution is 6.01. The number of esters is 1. The molecule has 0 radical (unpaired) electrons. The highest BCUT2D eigenvalue weighted by atomic mass is 16.5. The molecule has 4 aromatic rings. The summed E-state index contributed by atoms with van der Waals surface area (Å²) in [6.45, 7) is 0.560. The van der Waals surface area contributed by atoms with Gasteiger partial charge in [0.05, 0.1) is 36.0 Å². The van der Waals surface area contributed by atoms with E-state index in [0.717, 1.165) is 22.3 Å². The van der Waals surface area contributed by atoms with Gasteiger partial charge in [-0.2, -0.15) is 0 Å². The van der Waals surface area contributed by atoms with Gasteiger partial charge >= 0.3 is 11.7 Å². The predicted molar refractivity (Wildman–Crippen MR) is 134 cm³/mol. The minimum Gasteiger partial charge on any atom is -0.497 e. The lowest BCUT2D eigenvalue weighted by Gasteiger charge is -2.11. The first-order chi connectivity index (χ1) is 17.0. The molecule has 0 saturated heterocycles. The number of nitrogens with zero attached hydrogens (tertiary/aromatic N) is 1. The first kappa shape index (κ1) is 23.8. The molecule has 3 aromatic carbocycles. The van der Waals surface area contributed by atoms with E-state index in [-0.39, 0.29) is 30.2 Å². The van der Waals surface area contributed by atoms with Gasteiger partial charge in [0.25, 0.3) is 0 Å². The highest BCUT2D eigenvalue weighted by Crippen LogP contribution is 2.18. The topological polar surface area (TPSA) is 102 Å². The van der Waals surface area contributed by atoms with Crippen molar-refractivity contribution in [2.45, 2.75) is 25.8 Å². The maximum Gasteiger partial charge on any atom is 0.340 e. The number of H-pyrrole nitrogens is 1. The van der Waals surface area contributed by atoms with Crippen LogP contribution in [0, 0.1) is 0 Å². The van der Waals surface area contributed by atoms with Crippen LogP contribution in [-0.4, -0.2) is 35.1 Å².